The molecule has 2 aliphatic rings. The van der Waals surface area contributed by atoms with Crippen molar-refractivity contribution in [2.75, 3.05) is 13.1 Å². The van der Waals surface area contributed by atoms with E-state index in [0.717, 1.165) is 31.3 Å². The molecular formula is C17H33ClN2O. The summed E-state index contributed by atoms with van der Waals surface area (Å²) < 4.78 is 0. The summed E-state index contributed by atoms with van der Waals surface area (Å²) in [6, 6.07) is 0.450. The van der Waals surface area contributed by atoms with E-state index in [2.05, 4.69) is 24.5 Å². The Balaban J connectivity index is 0.00000220. The third-order valence-electron chi connectivity index (χ3n) is 5.49. The third-order valence-corrected chi connectivity index (χ3v) is 5.49. The minimum absolute atomic E-state index is 0. The molecule has 0 spiro atoms. The second-order valence-corrected chi connectivity index (χ2v) is 6.96. The average molecular weight is 317 g/mol. The number of piperidine rings is 1. The van der Waals surface area contributed by atoms with E-state index in [1.54, 1.807) is 0 Å². The van der Waals surface area contributed by atoms with Gasteiger partial charge in [0.1, 0.15) is 0 Å². The lowest BCUT2D eigenvalue weighted by molar-refractivity contribution is -0.123. The first kappa shape index (κ1) is 18.8. The predicted molar refractivity (Wildman–Crippen MR) is 90.8 cm³/mol. The molecule has 1 aliphatic carbocycles. The van der Waals surface area contributed by atoms with Crippen LogP contribution in [0, 0.1) is 17.8 Å². The monoisotopic (exact) mass is 316 g/mol. The number of amides is 1. The van der Waals surface area contributed by atoms with Crippen molar-refractivity contribution in [2.45, 2.75) is 71.3 Å². The normalized spacial score (nSPS) is 28.5. The summed E-state index contributed by atoms with van der Waals surface area (Å²) >= 11 is 0. The Morgan fingerprint density at radius 3 is 2.33 bits per heavy atom. The maximum atomic E-state index is 12.2. The molecule has 3 nitrogen and oxygen atoms in total. The van der Waals surface area contributed by atoms with Crippen molar-refractivity contribution in [1.29, 1.82) is 0 Å². The maximum absolute atomic E-state index is 12.2. The number of rotatable bonds is 5. The highest BCUT2D eigenvalue weighted by atomic mass is 35.5. The lowest BCUT2D eigenvalue weighted by Gasteiger charge is -2.30. The molecule has 0 radical (unpaired) electrons. The minimum Gasteiger partial charge on any atom is -0.353 e. The highest BCUT2D eigenvalue weighted by Gasteiger charge is 2.25. The van der Waals surface area contributed by atoms with E-state index < -0.39 is 0 Å². The van der Waals surface area contributed by atoms with E-state index in [9.17, 15) is 4.79 Å². The molecule has 1 unspecified atom stereocenters. The van der Waals surface area contributed by atoms with Crippen molar-refractivity contribution in [1.82, 2.24) is 10.6 Å². The smallest absolute Gasteiger partial charge is 0.220 e. The standard InChI is InChI=1S/C17H32N2O.ClH/c1-3-14-4-6-16(7-5-14)19-17(20)12-13(2)15-8-10-18-11-9-15;/h13-16,18H,3-12H2,1-2H3,(H,19,20);1H. The fourth-order valence-corrected chi connectivity index (χ4v) is 3.87. The topological polar surface area (TPSA) is 41.1 Å². The number of nitrogens with one attached hydrogen (secondary N) is 2. The highest BCUT2D eigenvalue weighted by Crippen LogP contribution is 2.27. The molecule has 0 aromatic heterocycles. The van der Waals surface area contributed by atoms with Crippen LogP contribution in [0.1, 0.15) is 65.2 Å². The van der Waals surface area contributed by atoms with Crippen molar-refractivity contribution in [3.05, 3.63) is 0 Å². The lowest BCUT2D eigenvalue weighted by Crippen LogP contribution is -2.39. The van der Waals surface area contributed by atoms with E-state index >= 15 is 0 Å². The number of carbonyl (C=O) groups excluding carboxylic acids is 1. The zero-order valence-electron chi connectivity index (χ0n) is 13.7. The van der Waals surface area contributed by atoms with Crippen LogP contribution in [0.3, 0.4) is 0 Å². The van der Waals surface area contributed by atoms with Gasteiger partial charge in [-0.25, -0.2) is 0 Å². The van der Waals surface area contributed by atoms with E-state index in [1.807, 2.05) is 0 Å². The van der Waals surface area contributed by atoms with Gasteiger partial charge in [0.2, 0.25) is 5.91 Å². The van der Waals surface area contributed by atoms with Gasteiger partial charge >= 0.3 is 0 Å². The molecule has 124 valence electrons. The van der Waals surface area contributed by atoms with Gasteiger partial charge in [-0.2, -0.15) is 0 Å². The van der Waals surface area contributed by atoms with E-state index in [-0.39, 0.29) is 18.3 Å². The molecule has 0 aromatic carbocycles. The molecule has 1 saturated carbocycles. The summed E-state index contributed by atoms with van der Waals surface area (Å²) in [5.41, 5.74) is 0. The van der Waals surface area contributed by atoms with Crippen LogP contribution in [-0.4, -0.2) is 25.0 Å². The summed E-state index contributed by atoms with van der Waals surface area (Å²) in [6.07, 6.45) is 9.45. The summed E-state index contributed by atoms with van der Waals surface area (Å²) in [6.45, 7) is 6.78. The van der Waals surface area contributed by atoms with E-state index in [1.165, 1.54) is 44.9 Å². The van der Waals surface area contributed by atoms with Gasteiger partial charge in [-0.1, -0.05) is 20.3 Å². The fraction of sp³-hybridized carbons (Fsp3) is 0.941. The highest BCUT2D eigenvalue weighted by molar-refractivity contribution is 5.85. The van der Waals surface area contributed by atoms with Gasteiger partial charge in [0.25, 0.3) is 0 Å². The Hall–Kier alpha value is -0.280. The predicted octanol–water partition coefficient (Wildman–Crippen LogP) is 3.52. The first-order valence-electron chi connectivity index (χ1n) is 8.69. The van der Waals surface area contributed by atoms with Crippen LogP contribution >= 0.6 is 12.4 Å². The Morgan fingerprint density at radius 2 is 1.76 bits per heavy atom. The Bertz CT molecular complexity index is 297. The first-order chi connectivity index (χ1) is 9.69. The van der Waals surface area contributed by atoms with Gasteiger partial charge < -0.3 is 10.6 Å². The molecule has 1 saturated heterocycles. The molecule has 1 amide bonds. The van der Waals surface area contributed by atoms with Gasteiger partial charge in [-0.15, -0.1) is 12.4 Å². The molecule has 1 heterocycles. The molecule has 1 aliphatic heterocycles. The van der Waals surface area contributed by atoms with Gasteiger partial charge in [0, 0.05) is 12.5 Å². The molecule has 21 heavy (non-hydrogen) atoms. The van der Waals surface area contributed by atoms with Crippen LogP contribution in [0.2, 0.25) is 0 Å². The van der Waals surface area contributed by atoms with Crippen molar-refractivity contribution in [3.8, 4) is 0 Å². The van der Waals surface area contributed by atoms with Crippen LogP contribution in [0.5, 0.6) is 0 Å². The largest absolute Gasteiger partial charge is 0.353 e. The molecule has 1 atom stereocenters. The second-order valence-electron chi connectivity index (χ2n) is 6.96. The number of hydrogen-bond donors (Lipinski definition) is 2. The minimum atomic E-state index is 0. The molecule has 2 rings (SSSR count). The van der Waals surface area contributed by atoms with Crippen LogP contribution in [-0.2, 0) is 4.79 Å². The molecule has 2 fully saturated rings. The average Bonchev–Trinajstić information content (AvgIpc) is 2.49. The molecule has 4 heteroatoms. The number of hydrogen-bond acceptors (Lipinski definition) is 2. The number of carbonyl (C=O) groups is 1. The summed E-state index contributed by atoms with van der Waals surface area (Å²) in [5.74, 6) is 2.45. The third kappa shape index (κ3) is 6.15. The quantitative estimate of drug-likeness (QED) is 0.815. The summed E-state index contributed by atoms with van der Waals surface area (Å²) in [4.78, 5) is 12.2. The van der Waals surface area contributed by atoms with Gasteiger partial charge in [0.05, 0.1) is 0 Å². The maximum Gasteiger partial charge on any atom is 0.220 e. The SMILES string of the molecule is CCC1CCC(NC(=O)CC(C)C2CCNCC2)CC1.Cl. The number of halogens is 1. The van der Waals surface area contributed by atoms with Crippen molar-refractivity contribution in [3.63, 3.8) is 0 Å². The molecule has 0 bridgehead atoms. The van der Waals surface area contributed by atoms with Gasteiger partial charge in [-0.05, 0) is 69.4 Å². The summed E-state index contributed by atoms with van der Waals surface area (Å²) in [7, 11) is 0. The van der Waals surface area contributed by atoms with Crippen molar-refractivity contribution >= 4 is 18.3 Å². The van der Waals surface area contributed by atoms with Gasteiger partial charge in [-0.3, -0.25) is 4.79 Å². The van der Waals surface area contributed by atoms with Crippen LogP contribution in [0.15, 0.2) is 0 Å². The fourth-order valence-electron chi connectivity index (χ4n) is 3.87. The lowest BCUT2D eigenvalue weighted by atomic mass is 9.83. The second kappa shape index (κ2) is 9.68. The van der Waals surface area contributed by atoms with E-state index in [4.69, 9.17) is 0 Å². The van der Waals surface area contributed by atoms with E-state index in [0.29, 0.717) is 12.0 Å². The first-order valence-corrected chi connectivity index (χ1v) is 8.69. The van der Waals surface area contributed by atoms with Crippen LogP contribution < -0.4 is 10.6 Å². The van der Waals surface area contributed by atoms with Crippen LogP contribution in [0.4, 0.5) is 0 Å². The molecule has 2 N–H and O–H groups in total. The molecular weight excluding hydrogens is 284 g/mol. The molecule has 0 aromatic rings. The van der Waals surface area contributed by atoms with Crippen molar-refractivity contribution in [2.24, 2.45) is 17.8 Å². The zero-order chi connectivity index (χ0) is 14.4. The Kier molecular flexibility index (Phi) is 8.65. The van der Waals surface area contributed by atoms with Gasteiger partial charge in [0.15, 0.2) is 0 Å². The zero-order valence-corrected chi connectivity index (χ0v) is 14.5. The Morgan fingerprint density at radius 1 is 1.14 bits per heavy atom. The van der Waals surface area contributed by atoms with Crippen LogP contribution in [0.25, 0.3) is 0 Å². The summed E-state index contributed by atoms with van der Waals surface area (Å²) in [5, 5.41) is 6.68. The Labute approximate surface area is 136 Å². The van der Waals surface area contributed by atoms with Crippen molar-refractivity contribution < 1.29 is 4.79 Å².